The smallest absolute Gasteiger partial charge is 0.132 e. The number of fused-ring (bicyclic) bond motifs is 7. The Hall–Kier alpha value is -1.54. The predicted molar refractivity (Wildman–Crippen MR) is 85.4 cm³/mol. The third kappa shape index (κ3) is 1.57. The molecule has 0 bridgehead atoms. The van der Waals surface area contributed by atoms with Crippen molar-refractivity contribution in [1.82, 2.24) is 4.98 Å². The number of para-hydroxylation sites is 1. The molecule has 1 unspecified atom stereocenters. The number of benzene rings is 1. The second kappa shape index (κ2) is 4.23. The van der Waals surface area contributed by atoms with Gasteiger partial charge < -0.3 is 9.88 Å². The summed E-state index contributed by atoms with van der Waals surface area (Å²) in [5.41, 5.74) is 4.51. The van der Waals surface area contributed by atoms with E-state index in [0.29, 0.717) is 6.04 Å². The zero-order valence-corrected chi connectivity index (χ0v) is 12.6. The lowest BCUT2D eigenvalue weighted by Crippen LogP contribution is -3.15. The summed E-state index contributed by atoms with van der Waals surface area (Å²) >= 11 is 0. The van der Waals surface area contributed by atoms with Crippen molar-refractivity contribution in [2.45, 2.75) is 38.3 Å². The number of allylic oxidation sites excluding steroid dienone is 2. The lowest BCUT2D eigenvalue weighted by Gasteiger charge is -2.34. The molecule has 0 spiro atoms. The molecule has 2 nitrogen and oxygen atoms in total. The van der Waals surface area contributed by atoms with Crippen LogP contribution < -0.4 is 4.90 Å². The van der Waals surface area contributed by atoms with Gasteiger partial charge in [0, 0.05) is 29.2 Å². The van der Waals surface area contributed by atoms with Crippen molar-refractivity contribution in [2.24, 2.45) is 11.8 Å². The largest absolute Gasteiger partial charge is 0.353 e. The monoisotopic (exact) mass is 279 g/mol. The van der Waals surface area contributed by atoms with Crippen LogP contribution >= 0.6 is 0 Å². The van der Waals surface area contributed by atoms with Crippen LogP contribution in [-0.4, -0.2) is 17.6 Å². The highest BCUT2D eigenvalue weighted by Crippen LogP contribution is 2.42. The Morgan fingerprint density at radius 2 is 2.00 bits per heavy atom. The second-order valence-corrected chi connectivity index (χ2v) is 7.29. The molecular formula is C19H23N2+. The van der Waals surface area contributed by atoms with Crippen LogP contribution in [-0.2, 0) is 6.42 Å². The maximum Gasteiger partial charge on any atom is 0.132 e. The molecule has 2 aromatic rings. The van der Waals surface area contributed by atoms with Gasteiger partial charge in [-0.2, -0.15) is 0 Å². The highest BCUT2D eigenvalue weighted by atomic mass is 15.2. The van der Waals surface area contributed by atoms with E-state index in [2.05, 4.69) is 48.3 Å². The van der Waals surface area contributed by atoms with Crippen molar-refractivity contribution in [3.8, 4) is 0 Å². The van der Waals surface area contributed by atoms with Crippen LogP contribution in [0.1, 0.15) is 37.1 Å². The fourth-order valence-electron chi connectivity index (χ4n) is 5.29. The molecule has 3 heterocycles. The normalized spacial score (nSPS) is 37.3. The third-order valence-corrected chi connectivity index (χ3v) is 6.25. The standard InChI is InChI=1S/C19H22N2/c1-12-10-16-15-8-4-5-9-17(15)20-18(16)19-14-7-3-2-6-13(14)11-21(12)19/h2-5,8-9,12-14,19-20H,6-7,10-11H2,1H3/p+1/t12-,13+,14-,19-/m0/s1. The molecule has 5 rings (SSSR count). The summed E-state index contributed by atoms with van der Waals surface area (Å²) in [6.45, 7) is 3.83. The molecule has 108 valence electrons. The van der Waals surface area contributed by atoms with E-state index in [0.717, 1.165) is 17.9 Å². The minimum absolute atomic E-state index is 0.700. The van der Waals surface area contributed by atoms with Crippen LogP contribution in [0, 0.1) is 11.8 Å². The molecule has 0 radical (unpaired) electrons. The Morgan fingerprint density at radius 1 is 1.14 bits per heavy atom. The predicted octanol–water partition coefficient (Wildman–Crippen LogP) is 2.63. The van der Waals surface area contributed by atoms with Gasteiger partial charge in [0.2, 0.25) is 0 Å². The molecule has 21 heavy (non-hydrogen) atoms. The van der Waals surface area contributed by atoms with Gasteiger partial charge in [-0.15, -0.1) is 0 Å². The fourth-order valence-corrected chi connectivity index (χ4v) is 5.29. The van der Waals surface area contributed by atoms with Crippen LogP contribution in [0.25, 0.3) is 10.9 Å². The Bertz CT molecular complexity index is 726. The first-order valence-corrected chi connectivity index (χ1v) is 8.43. The molecule has 0 amide bonds. The van der Waals surface area contributed by atoms with Crippen molar-refractivity contribution >= 4 is 10.9 Å². The summed E-state index contributed by atoms with van der Waals surface area (Å²) in [5, 5.41) is 1.47. The van der Waals surface area contributed by atoms with Crippen LogP contribution in [0.2, 0.25) is 0 Å². The highest BCUT2D eigenvalue weighted by Gasteiger charge is 2.51. The average Bonchev–Trinajstić information content (AvgIpc) is 3.06. The molecule has 2 aliphatic heterocycles. The first-order chi connectivity index (χ1) is 10.3. The second-order valence-electron chi connectivity index (χ2n) is 7.29. The molecule has 1 saturated heterocycles. The zero-order chi connectivity index (χ0) is 14.0. The summed E-state index contributed by atoms with van der Waals surface area (Å²) in [4.78, 5) is 5.64. The van der Waals surface area contributed by atoms with Crippen molar-refractivity contribution in [3.05, 3.63) is 47.7 Å². The Kier molecular flexibility index (Phi) is 2.43. The van der Waals surface area contributed by atoms with E-state index in [1.807, 2.05) is 4.90 Å². The average molecular weight is 279 g/mol. The zero-order valence-electron chi connectivity index (χ0n) is 12.6. The van der Waals surface area contributed by atoms with Crippen molar-refractivity contribution < 1.29 is 4.90 Å². The Balaban J connectivity index is 1.70. The highest BCUT2D eigenvalue weighted by molar-refractivity contribution is 5.85. The third-order valence-electron chi connectivity index (χ3n) is 6.25. The minimum atomic E-state index is 0.700. The van der Waals surface area contributed by atoms with Gasteiger partial charge in [0.05, 0.1) is 18.3 Å². The topological polar surface area (TPSA) is 20.2 Å². The molecule has 5 atom stereocenters. The fraction of sp³-hybridized carbons (Fsp3) is 0.474. The minimum Gasteiger partial charge on any atom is -0.353 e. The molecule has 0 saturated carbocycles. The molecule has 1 aromatic heterocycles. The van der Waals surface area contributed by atoms with Gasteiger partial charge in [-0.1, -0.05) is 30.4 Å². The van der Waals surface area contributed by atoms with Crippen molar-refractivity contribution in [2.75, 3.05) is 6.54 Å². The van der Waals surface area contributed by atoms with Crippen LogP contribution in [0.3, 0.4) is 0 Å². The van der Waals surface area contributed by atoms with E-state index >= 15 is 0 Å². The lowest BCUT2D eigenvalue weighted by molar-refractivity contribution is -0.946. The lowest BCUT2D eigenvalue weighted by atomic mass is 9.79. The first-order valence-electron chi connectivity index (χ1n) is 8.43. The summed E-state index contributed by atoms with van der Waals surface area (Å²) in [6.07, 6.45) is 8.65. The van der Waals surface area contributed by atoms with E-state index in [1.54, 1.807) is 11.3 Å². The van der Waals surface area contributed by atoms with Gasteiger partial charge >= 0.3 is 0 Å². The van der Waals surface area contributed by atoms with Gasteiger partial charge in [-0.25, -0.2) is 0 Å². The summed E-state index contributed by atoms with van der Waals surface area (Å²) < 4.78 is 0. The number of nitrogens with one attached hydrogen (secondary N) is 2. The Morgan fingerprint density at radius 3 is 2.95 bits per heavy atom. The molecular weight excluding hydrogens is 256 g/mol. The molecule has 2 N–H and O–H groups in total. The number of H-pyrrole nitrogens is 1. The Labute approximate surface area is 125 Å². The van der Waals surface area contributed by atoms with E-state index in [9.17, 15) is 0 Å². The number of hydrogen-bond acceptors (Lipinski definition) is 0. The first kappa shape index (κ1) is 12.0. The van der Waals surface area contributed by atoms with E-state index in [4.69, 9.17) is 0 Å². The van der Waals surface area contributed by atoms with Gasteiger partial charge in [-0.05, 0) is 31.4 Å². The maximum absolute atomic E-state index is 3.80. The number of rotatable bonds is 0. The van der Waals surface area contributed by atoms with Crippen LogP contribution in [0.15, 0.2) is 36.4 Å². The van der Waals surface area contributed by atoms with Gasteiger partial charge in [0.25, 0.3) is 0 Å². The molecule has 1 aliphatic carbocycles. The summed E-state index contributed by atoms with van der Waals surface area (Å²) in [5.74, 6) is 1.74. The van der Waals surface area contributed by atoms with E-state index in [1.165, 1.54) is 36.7 Å². The summed E-state index contributed by atoms with van der Waals surface area (Å²) in [6, 6.07) is 10.3. The molecule has 3 aliphatic rings. The molecule has 2 heteroatoms. The van der Waals surface area contributed by atoms with Crippen molar-refractivity contribution in [3.63, 3.8) is 0 Å². The number of hydrogen-bond donors (Lipinski definition) is 2. The maximum atomic E-state index is 3.80. The molecule has 1 fully saturated rings. The van der Waals surface area contributed by atoms with E-state index < -0.39 is 0 Å². The van der Waals surface area contributed by atoms with Gasteiger partial charge in [0.1, 0.15) is 6.04 Å². The van der Waals surface area contributed by atoms with Crippen LogP contribution in [0.4, 0.5) is 0 Å². The molecule has 1 aromatic carbocycles. The van der Waals surface area contributed by atoms with Crippen LogP contribution in [0.5, 0.6) is 0 Å². The quantitative estimate of drug-likeness (QED) is 0.692. The van der Waals surface area contributed by atoms with Gasteiger partial charge in [0.15, 0.2) is 0 Å². The van der Waals surface area contributed by atoms with Crippen molar-refractivity contribution in [1.29, 1.82) is 0 Å². The summed E-state index contributed by atoms with van der Waals surface area (Å²) in [7, 11) is 0. The van der Waals surface area contributed by atoms with E-state index in [-0.39, 0.29) is 0 Å². The SMILES string of the molecule is C[C@H]1Cc2c([nH]c3ccccc23)[C@@H]2[C@H]3CC=CC[C@@H]3C[NH+]21. The number of aromatic amines is 1. The number of quaternary nitrogens is 1. The van der Waals surface area contributed by atoms with Gasteiger partial charge in [-0.3, -0.25) is 0 Å². The number of aromatic nitrogens is 1.